The van der Waals surface area contributed by atoms with Crippen LogP contribution in [0.4, 0.5) is 5.69 Å². The second kappa shape index (κ2) is 11.7. The summed E-state index contributed by atoms with van der Waals surface area (Å²) in [7, 11) is 0. The van der Waals surface area contributed by atoms with E-state index in [-0.39, 0.29) is 36.3 Å². The van der Waals surface area contributed by atoms with Crippen LogP contribution in [0.2, 0.25) is 5.02 Å². The highest BCUT2D eigenvalue weighted by atomic mass is 35.5. The Hall–Kier alpha value is -1.54. The van der Waals surface area contributed by atoms with Crippen LogP contribution in [0.25, 0.3) is 0 Å². The van der Waals surface area contributed by atoms with E-state index < -0.39 is 5.60 Å². The van der Waals surface area contributed by atoms with Crippen LogP contribution in [0.3, 0.4) is 0 Å². The van der Waals surface area contributed by atoms with Gasteiger partial charge in [0.2, 0.25) is 0 Å². The number of carbonyl (C=O) groups excluding carboxylic acids is 2. The third-order valence-corrected chi connectivity index (χ3v) is 6.34. The summed E-state index contributed by atoms with van der Waals surface area (Å²) in [5.41, 5.74) is -0.0229. The predicted molar refractivity (Wildman–Crippen MR) is 134 cm³/mol. The zero-order chi connectivity index (χ0) is 23.5. The van der Waals surface area contributed by atoms with E-state index in [1.54, 1.807) is 30.9 Å². The molecule has 0 unspecified atom stereocenters. The van der Waals surface area contributed by atoms with Gasteiger partial charge in [-0.1, -0.05) is 11.6 Å². The fourth-order valence-electron chi connectivity index (χ4n) is 4.48. The quantitative estimate of drug-likeness (QED) is 0.537. The number of ether oxygens (including phenoxy) is 2. The Morgan fingerprint density at radius 1 is 1.39 bits per heavy atom. The number of anilines is 1. The highest BCUT2D eigenvalue weighted by Crippen LogP contribution is 2.41. The minimum atomic E-state index is -1.01. The van der Waals surface area contributed by atoms with E-state index in [1.807, 2.05) is 25.7 Å². The number of carbonyl (C=O) groups is 2. The van der Waals surface area contributed by atoms with Crippen LogP contribution in [-0.2, 0) is 9.53 Å². The first-order chi connectivity index (χ1) is 15.2. The zero-order valence-corrected chi connectivity index (χ0v) is 21.9. The molecule has 2 aliphatic rings. The van der Waals surface area contributed by atoms with E-state index in [0.29, 0.717) is 48.2 Å². The van der Waals surface area contributed by atoms with Gasteiger partial charge >= 0.3 is 0 Å². The molecule has 2 aliphatic heterocycles. The van der Waals surface area contributed by atoms with Gasteiger partial charge in [-0.3, -0.25) is 9.59 Å². The van der Waals surface area contributed by atoms with Crippen LogP contribution in [0.5, 0.6) is 5.75 Å². The van der Waals surface area contributed by atoms with Crippen LogP contribution in [-0.4, -0.2) is 67.2 Å². The average molecular weight is 502 g/mol. The van der Waals surface area contributed by atoms with Gasteiger partial charge in [-0.2, -0.15) is 0 Å². The molecule has 3 rings (SSSR count). The summed E-state index contributed by atoms with van der Waals surface area (Å²) in [5.74, 6) is 0.260. The lowest BCUT2D eigenvalue weighted by Gasteiger charge is -2.40. The first-order valence-corrected chi connectivity index (χ1v) is 12.0. The molecule has 33 heavy (non-hydrogen) atoms. The Balaban J connectivity index is 0.00000385. The van der Waals surface area contributed by atoms with Crippen molar-refractivity contribution in [2.75, 3.05) is 37.7 Å². The van der Waals surface area contributed by atoms with Gasteiger partial charge in [0.15, 0.2) is 5.60 Å². The number of nitrogens with one attached hydrogen (secondary N) is 1. The van der Waals surface area contributed by atoms with Crippen molar-refractivity contribution in [1.82, 2.24) is 10.2 Å². The van der Waals surface area contributed by atoms with Crippen LogP contribution < -0.4 is 15.0 Å². The smallest absolute Gasteiger partial charge is 0.270 e. The molecule has 1 saturated heterocycles. The average Bonchev–Trinajstić information content (AvgIpc) is 2.73. The molecule has 1 fully saturated rings. The second-order valence-electron chi connectivity index (χ2n) is 9.23. The third-order valence-electron chi connectivity index (χ3n) is 6.02. The van der Waals surface area contributed by atoms with Crippen molar-refractivity contribution in [3.8, 4) is 5.75 Å². The monoisotopic (exact) mass is 501 g/mol. The largest absolute Gasteiger partial charge is 0.476 e. The molecule has 1 N–H and O–H groups in total. The van der Waals surface area contributed by atoms with Crippen molar-refractivity contribution in [3.05, 3.63) is 22.7 Å². The standard InChI is InChI=1S/C24H36ClN3O4.ClH/c1-6-31-12-8-11-27-20-13-18(19(25)14-21(20)32-24(4,5)23(27)30)22(29)28(16(2)3)17-9-7-10-26-15-17;/h13-14,16-17,26H,6-12,15H2,1-5H3;1H/t17-;/m1./s1. The zero-order valence-electron chi connectivity index (χ0n) is 20.3. The summed E-state index contributed by atoms with van der Waals surface area (Å²) >= 11 is 6.60. The Kier molecular flexibility index (Phi) is 9.85. The van der Waals surface area contributed by atoms with Crippen molar-refractivity contribution >= 4 is 41.5 Å². The number of rotatable bonds is 8. The van der Waals surface area contributed by atoms with E-state index in [2.05, 4.69) is 5.32 Å². The summed E-state index contributed by atoms with van der Waals surface area (Å²) < 4.78 is 11.4. The van der Waals surface area contributed by atoms with E-state index >= 15 is 0 Å². The number of hydrogen-bond donors (Lipinski definition) is 1. The van der Waals surface area contributed by atoms with Crippen molar-refractivity contribution in [3.63, 3.8) is 0 Å². The van der Waals surface area contributed by atoms with Crippen molar-refractivity contribution in [2.45, 2.75) is 71.6 Å². The van der Waals surface area contributed by atoms with Crippen molar-refractivity contribution < 1.29 is 19.1 Å². The molecule has 1 atom stereocenters. The van der Waals surface area contributed by atoms with Gasteiger partial charge in [0.25, 0.3) is 11.8 Å². The molecule has 9 heteroatoms. The third kappa shape index (κ3) is 6.13. The van der Waals surface area contributed by atoms with Crippen LogP contribution in [0.15, 0.2) is 12.1 Å². The maximum atomic E-state index is 13.7. The molecule has 2 heterocycles. The van der Waals surface area contributed by atoms with E-state index in [4.69, 9.17) is 21.1 Å². The van der Waals surface area contributed by atoms with Gasteiger partial charge in [-0.05, 0) is 66.5 Å². The van der Waals surface area contributed by atoms with Crippen molar-refractivity contribution in [1.29, 1.82) is 0 Å². The lowest BCUT2D eigenvalue weighted by Crippen LogP contribution is -2.53. The van der Waals surface area contributed by atoms with Crippen LogP contribution in [0.1, 0.15) is 64.2 Å². The minimum absolute atomic E-state index is 0. The highest BCUT2D eigenvalue weighted by Gasteiger charge is 2.42. The number of benzene rings is 1. The Bertz CT molecular complexity index is 841. The predicted octanol–water partition coefficient (Wildman–Crippen LogP) is 4.30. The Labute approximate surface area is 208 Å². The Morgan fingerprint density at radius 2 is 2.12 bits per heavy atom. The summed E-state index contributed by atoms with van der Waals surface area (Å²) in [6.07, 6.45) is 2.68. The number of fused-ring (bicyclic) bond motifs is 1. The SMILES string of the molecule is CCOCCCN1C(=O)C(C)(C)Oc2cc(Cl)c(C(=O)N(C(C)C)[C@@H]3CCCNC3)cc21.Cl. The fraction of sp³-hybridized carbons (Fsp3) is 0.667. The van der Waals surface area contributed by atoms with E-state index in [1.165, 1.54) is 0 Å². The van der Waals surface area contributed by atoms with E-state index in [9.17, 15) is 9.59 Å². The van der Waals surface area contributed by atoms with Crippen LogP contribution in [0, 0.1) is 0 Å². The lowest BCUT2D eigenvalue weighted by atomic mass is 10.00. The molecule has 0 radical (unpaired) electrons. The normalized spacial score (nSPS) is 19.5. The molecule has 2 amide bonds. The number of halogens is 2. The molecule has 0 saturated carbocycles. The topological polar surface area (TPSA) is 71.1 Å². The first-order valence-electron chi connectivity index (χ1n) is 11.6. The molecule has 0 aliphatic carbocycles. The molecular weight excluding hydrogens is 465 g/mol. The molecule has 0 aromatic heterocycles. The maximum Gasteiger partial charge on any atom is 0.270 e. The molecule has 0 bridgehead atoms. The molecule has 1 aromatic carbocycles. The number of nitrogens with zero attached hydrogens (tertiary/aromatic N) is 2. The molecule has 7 nitrogen and oxygen atoms in total. The summed E-state index contributed by atoms with van der Waals surface area (Å²) in [6, 6.07) is 3.53. The van der Waals surface area contributed by atoms with E-state index in [0.717, 1.165) is 25.9 Å². The molecular formula is C24H37Cl2N3O4. The molecule has 1 aromatic rings. The van der Waals surface area contributed by atoms with Gasteiger partial charge in [0, 0.05) is 44.5 Å². The summed E-state index contributed by atoms with van der Waals surface area (Å²) in [6.45, 7) is 12.9. The molecule has 0 spiro atoms. The number of piperidine rings is 1. The van der Waals surface area contributed by atoms with Crippen molar-refractivity contribution in [2.24, 2.45) is 0 Å². The van der Waals surface area contributed by atoms with Gasteiger partial charge < -0.3 is 24.6 Å². The summed E-state index contributed by atoms with van der Waals surface area (Å²) in [5, 5.41) is 3.72. The second-order valence-corrected chi connectivity index (χ2v) is 9.63. The summed E-state index contributed by atoms with van der Waals surface area (Å²) in [4.78, 5) is 30.4. The Morgan fingerprint density at radius 3 is 2.73 bits per heavy atom. The van der Waals surface area contributed by atoms with Gasteiger partial charge in [0.1, 0.15) is 5.75 Å². The highest BCUT2D eigenvalue weighted by molar-refractivity contribution is 6.34. The van der Waals surface area contributed by atoms with Gasteiger partial charge in [0.05, 0.1) is 16.3 Å². The fourth-order valence-corrected chi connectivity index (χ4v) is 4.71. The van der Waals surface area contributed by atoms with Gasteiger partial charge in [-0.15, -0.1) is 12.4 Å². The maximum absolute atomic E-state index is 13.7. The van der Waals surface area contributed by atoms with Crippen LogP contribution >= 0.6 is 24.0 Å². The number of hydrogen-bond acceptors (Lipinski definition) is 5. The first kappa shape index (κ1) is 27.7. The van der Waals surface area contributed by atoms with Gasteiger partial charge in [-0.25, -0.2) is 0 Å². The lowest BCUT2D eigenvalue weighted by molar-refractivity contribution is -0.132. The molecule has 186 valence electrons. The minimum Gasteiger partial charge on any atom is -0.476 e. The number of amides is 2.